The Morgan fingerprint density at radius 1 is 1.22 bits per heavy atom. The molecule has 2 aromatic rings. The predicted molar refractivity (Wildman–Crippen MR) is 74.7 cm³/mol. The van der Waals surface area contributed by atoms with Crippen LogP contribution < -0.4 is 10.5 Å². The van der Waals surface area contributed by atoms with Gasteiger partial charge in [-0.05, 0) is 18.6 Å². The summed E-state index contributed by atoms with van der Waals surface area (Å²) in [6.07, 6.45) is 3.47. The highest BCUT2D eigenvalue weighted by Crippen LogP contribution is 2.26. The topological polar surface area (TPSA) is 61.0 Å². The summed E-state index contributed by atoms with van der Waals surface area (Å²) in [6, 6.07) is 7.26. The summed E-state index contributed by atoms with van der Waals surface area (Å²) < 4.78 is 6.54. The number of halogens is 1. The molecule has 2 rings (SSSR count). The van der Waals surface area contributed by atoms with E-state index in [9.17, 15) is 0 Å². The van der Waals surface area contributed by atoms with Gasteiger partial charge in [-0.15, -0.1) is 0 Å². The van der Waals surface area contributed by atoms with E-state index in [1.807, 2.05) is 18.2 Å². The van der Waals surface area contributed by atoms with Crippen LogP contribution in [0.3, 0.4) is 0 Å². The van der Waals surface area contributed by atoms with Crippen LogP contribution in [0.1, 0.15) is 19.0 Å². The van der Waals surface area contributed by atoms with Gasteiger partial charge in [0.05, 0.1) is 0 Å². The van der Waals surface area contributed by atoms with E-state index in [1.54, 1.807) is 6.07 Å². The first-order valence-electron chi connectivity index (χ1n) is 5.72. The SMILES string of the molecule is CCCc1cc(Oc2cc(N)cc(Br)c2)ncn1. The Bertz CT molecular complexity index is 525. The van der Waals surface area contributed by atoms with Gasteiger partial charge in [0, 0.05) is 28.0 Å². The van der Waals surface area contributed by atoms with Crippen molar-refractivity contribution in [3.63, 3.8) is 0 Å². The lowest BCUT2D eigenvalue weighted by Crippen LogP contribution is -1.94. The number of aromatic nitrogens is 2. The number of nitrogens with zero attached hydrogens (tertiary/aromatic N) is 2. The summed E-state index contributed by atoms with van der Waals surface area (Å²) in [5.41, 5.74) is 7.37. The summed E-state index contributed by atoms with van der Waals surface area (Å²) >= 11 is 3.37. The number of ether oxygens (including phenoxy) is 1. The molecule has 5 heteroatoms. The second-order valence-electron chi connectivity index (χ2n) is 3.92. The van der Waals surface area contributed by atoms with Gasteiger partial charge in [-0.25, -0.2) is 9.97 Å². The molecule has 18 heavy (non-hydrogen) atoms. The smallest absolute Gasteiger partial charge is 0.222 e. The minimum atomic E-state index is 0.533. The van der Waals surface area contributed by atoms with E-state index in [2.05, 4.69) is 32.8 Å². The Morgan fingerprint density at radius 3 is 2.78 bits per heavy atom. The lowest BCUT2D eigenvalue weighted by molar-refractivity contribution is 0.460. The molecule has 1 aromatic carbocycles. The zero-order valence-corrected chi connectivity index (χ0v) is 11.6. The monoisotopic (exact) mass is 307 g/mol. The Hall–Kier alpha value is -1.62. The first kappa shape index (κ1) is 12.8. The number of aryl methyl sites for hydroxylation is 1. The molecule has 0 radical (unpaired) electrons. The molecular formula is C13H14BrN3O. The average molecular weight is 308 g/mol. The minimum Gasteiger partial charge on any atom is -0.439 e. The molecule has 94 valence electrons. The van der Waals surface area contributed by atoms with Crippen LogP contribution in [0.5, 0.6) is 11.6 Å². The highest BCUT2D eigenvalue weighted by atomic mass is 79.9. The highest BCUT2D eigenvalue weighted by molar-refractivity contribution is 9.10. The third kappa shape index (κ3) is 3.43. The molecular weight excluding hydrogens is 294 g/mol. The molecule has 0 amide bonds. The predicted octanol–water partition coefficient (Wildman–Crippen LogP) is 3.57. The van der Waals surface area contributed by atoms with Crippen molar-refractivity contribution in [3.8, 4) is 11.6 Å². The van der Waals surface area contributed by atoms with Crippen LogP contribution in [0.15, 0.2) is 35.1 Å². The zero-order valence-electron chi connectivity index (χ0n) is 10.1. The van der Waals surface area contributed by atoms with E-state index in [1.165, 1.54) is 6.33 Å². The highest BCUT2D eigenvalue weighted by Gasteiger charge is 2.03. The normalized spacial score (nSPS) is 10.3. The quantitative estimate of drug-likeness (QED) is 0.877. The summed E-state index contributed by atoms with van der Waals surface area (Å²) in [7, 11) is 0. The van der Waals surface area contributed by atoms with Crippen molar-refractivity contribution in [2.24, 2.45) is 0 Å². The Morgan fingerprint density at radius 2 is 2.06 bits per heavy atom. The van der Waals surface area contributed by atoms with Gasteiger partial charge in [-0.3, -0.25) is 0 Å². The number of nitrogen functional groups attached to an aromatic ring is 1. The molecule has 0 fully saturated rings. The number of rotatable bonds is 4. The third-order valence-corrected chi connectivity index (χ3v) is 2.78. The van der Waals surface area contributed by atoms with E-state index >= 15 is 0 Å². The second kappa shape index (κ2) is 5.82. The fraction of sp³-hybridized carbons (Fsp3) is 0.231. The second-order valence-corrected chi connectivity index (χ2v) is 4.84. The van der Waals surface area contributed by atoms with Crippen LogP contribution in [0.4, 0.5) is 5.69 Å². The molecule has 4 nitrogen and oxygen atoms in total. The summed E-state index contributed by atoms with van der Waals surface area (Å²) in [6.45, 7) is 2.11. The van der Waals surface area contributed by atoms with Crippen molar-refractivity contribution in [2.75, 3.05) is 5.73 Å². The number of anilines is 1. The van der Waals surface area contributed by atoms with E-state index in [4.69, 9.17) is 10.5 Å². The first-order chi connectivity index (χ1) is 8.67. The van der Waals surface area contributed by atoms with Crippen molar-refractivity contribution in [1.29, 1.82) is 0 Å². The molecule has 0 atom stereocenters. The van der Waals surface area contributed by atoms with Crippen LogP contribution in [0.25, 0.3) is 0 Å². The van der Waals surface area contributed by atoms with Crippen LogP contribution in [-0.4, -0.2) is 9.97 Å². The Labute approximate surface area is 114 Å². The van der Waals surface area contributed by atoms with E-state index in [0.717, 1.165) is 23.0 Å². The van der Waals surface area contributed by atoms with Gasteiger partial charge >= 0.3 is 0 Å². The molecule has 2 N–H and O–H groups in total. The largest absolute Gasteiger partial charge is 0.439 e. The van der Waals surface area contributed by atoms with Gasteiger partial charge in [0.25, 0.3) is 0 Å². The maximum Gasteiger partial charge on any atom is 0.222 e. The average Bonchev–Trinajstić information content (AvgIpc) is 2.28. The van der Waals surface area contributed by atoms with E-state index in [0.29, 0.717) is 17.3 Å². The zero-order chi connectivity index (χ0) is 13.0. The molecule has 0 saturated heterocycles. The van der Waals surface area contributed by atoms with E-state index < -0.39 is 0 Å². The van der Waals surface area contributed by atoms with E-state index in [-0.39, 0.29) is 0 Å². The first-order valence-corrected chi connectivity index (χ1v) is 6.51. The Kier molecular flexibility index (Phi) is 4.15. The van der Waals surface area contributed by atoms with Crippen molar-refractivity contribution in [3.05, 3.63) is 40.8 Å². The maximum absolute atomic E-state index is 5.75. The lowest BCUT2D eigenvalue weighted by atomic mass is 10.2. The standard InChI is InChI=1S/C13H14BrN3O/c1-2-3-11-7-13(17-8-16-11)18-12-5-9(14)4-10(15)6-12/h4-8H,2-3,15H2,1H3. The number of hydrogen-bond donors (Lipinski definition) is 1. The fourth-order valence-corrected chi connectivity index (χ4v) is 2.08. The van der Waals surface area contributed by atoms with Crippen molar-refractivity contribution in [2.45, 2.75) is 19.8 Å². The van der Waals surface area contributed by atoms with Crippen LogP contribution in [0.2, 0.25) is 0 Å². The minimum absolute atomic E-state index is 0.533. The fourth-order valence-electron chi connectivity index (χ4n) is 1.59. The van der Waals surface area contributed by atoms with Gasteiger partial charge in [0.1, 0.15) is 12.1 Å². The van der Waals surface area contributed by atoms with Crippen LogP contribution in [0, 0.1) is 0 Å². The molecule has 1 aromatic heterocycles. The molecule has 0 spiro atoms. The number of benzene rings is 1. The molecule has 0 bridgehead atoms. The third-order valence-electron chi connectivity index (χ3n) is 2.32. The van der Waals surface area contributed by atoms with Crippen molar-refractivity contribution < 1.29 is 4.74 Å². The van der Waals surface area contributed by atoms with Crippen molar-refractivity contribution in [1.82, 2.24) is 9.97 Å². The van der Waals surface area contributed by atoms with Crippen LogP contribution in [-0.2, 0) is 6.42 Å². The van der Waals surface area contributed by atoms with Gasteiger partial charge in [-0.2, -0.15) is 0 Å². The number of hydrogen-bond acceptors (Lipinski definition) is 4. The summed E-state index contributed by atoms with van der Waals surface area (Å²) in [4.78, 5) is 8.27. The molecule has 0 saturated carbocycles. The van der Waals surface area contributed by atoms with Crippen LogP contribution >= 0.6 is 15.9 Å². The molecule has 0 unspecified atom stereocenters. The molecule has 0 aliphatic rings. The molecule has 0 aliphatic heterocycles. The molecule has 1 heterocycles. The Balaban J connectivity index is 2.20. The van der Waals surface area contributed by atoms with Gasteiger partial charge in [0.15, 0.2) is 0 Å². The summed E-state index contributed by atoms with van der Waals surface area (Å²) in [5.74, 6) is 1.19. The van der Waals surface area contributed by atoms with Crippen molar-refractivity contribution >= 4 is 21.6 Å². The molecule has 0 aliphatic carbocycles. The van der Waals surface area contributed by atoms with Gasteiger partial charge in [-0.1, -0.05) is 29.3 Å². The maximum atomic E-state index is 5.75. The van der Waals surface area contributed by atoms with Gasteiger partial charge in [0.2, 0.25) is 5.88 Å². The lowest BCUT2D eigenvalue weighted by Gasteiger charge is -2.07. The summed E-state index contributed by atoms with van der Waals surface area (Å²) in [5, 5.41) is 0. The van der Waals surface area contributed by atoms with Gasteiger partial charge < -0.3 is 10.5 Å². The number of nitrogens with two attached hydrogens (primary N) is 1.